The Morgan fingerprint density at radius 3 is 2.13 bits per heavy atom. The van der Waals surface area contributed by atoms with Crippen molar-refractivity contribution in [3.05, 3.63) is 145 Å². The lowest BCUT2D eigenvalue weighted by Crippen LogP contribution is -2.15. The largest absolute Gasteiger partial charge is 0.310 e. The van der Waals surface area contributed by atoms with Crippen molar-refractivity contribution in [2.75, 3.05) is 4.90 Å². The van der Waals surface area contributed by atoms with Gasteiger partial charge in [-0.05, 0) is 86.6 Å². The highest BCUT2D eigenvalue weighted by Gasteiger charge is 2.24. The Labute approximate surface area is 223 Å². The van der Waals surface area contributed by atoms with E-state index in [2.05, 4.69) is 145 Å². The number of para-hydroxylation sites is 1. The summed E-state index contributed by atoms with van der Waals surface area (Å²) in [7, 11) is 0. The van der Waals surface area contributed by atoms with Crippen LogP contribution in [0, 0.1) is 5.41 Å². The van der Waals surface area contributed by atoms with Crippen LogP contribution in [0.15, 0.2) is 139 Å². The number of hydrogen-bond acceptors (Lipinski definition) is 2. The summed E-state index contributed by atoms with van der Waals surface area (Å²) < 4.78 is 0. The van der Waals surface area contributed by atoms with Crippen molar-refractivity contribution in [3.63, 3.8) is 0 Å². The molecule has 0 saturated carbocycles. The third-order valence-corrected chi connectivity index (χ3v) is 7.55. The van der Waals surface area contributed by atoms with Crippen molar-refractivity contribution in [3.8, 4) is 22.3 Å². The van der Waals surface area contributed by atoms with Crippen molar-refractivity contribution in [1.82, 2.24) is 4.98 Å². The molecule has 2 nitrogen and oxygen atoms in total. The second-order valence-corrected chi connectivity index (χ2v) is 10.7. The predicted octanol–water partition coefficient (Wildman–Crippen LogP) is 9.58. The summed E-state index contributed by atoms with van der Waals surface area (Å²) in [5.74, 6) is 0. The molecular weight excluding hydrogens is 460 g/mol. The van der Waals surface area contributed by atoms with Gasteiger partial charge in [-0.3, -0.25) is 4.98 Å². The highest BCUT2D eigenvalue weighted by Crippen LogP contribution is 2.48. The van der Waals surface area contributed by atoms with Crippen molar-refractivity contribution in [2.24, 2.45) is 5.41 Å². The molecule has 0 spiro atoms. The number of benzene rings is 4. The molecule has 2 aliphatic rings. The first-order valence-corrected chi connectivity index (χ1v) is 13.1. The van der Waals surface area contributed by atoms with E-state index < -0.39 is 0 Å². The zero-order valence-electron chi connectivity index (χ0n) is 21.6. The Morgan fingerprint density at radius 2 is 1.37 bits per heavy atom. The van der Waals surface area contributed by atoms with Crippen LogP contribution in [0.2, 0.25) is 0 Å². The Hall–Kier alpha value is -4.69. The molecular formula is C36H28N2. The summed E-state index contributed by atoms with van der Waals surface area (Å²) in [4.78, 5) is 6.56. The van der Waals surface area contributed by atoms with E-state index in [9.17, 15) is 0 Å². The summed E-state index contributed by atoms with van der Waals surface area (Å²) in [5, 5.41) is 2.66. The number of pyridine rings is 1. The van der Waals surface area contributed by atoms with E-state index in [1.165, 1.54) is 44.2 Å². The van der Waals surface area contributed by atoms with E-state index in [-0.39, 0.29) is 5.41 Å². The fourth-order valence-corrected chi connectivity index (χ4v) is 5.79. The van der Waals surface area contributed by atoms with E-state index in [1.54, 1.807) is 0 Å². The van der Waals surface area contributed by atoms with Crippen molar-refractivity contribution < 1.29 is 0 Å². The minimum atomic E-state index is -0.101. The SMILES string of the molecule is CC1(C)C=CC(N(c2ccccc2)c2ccncc2)=CC(c2ccc3c(c2)-c2cccc4cccc-3c24)=C1. The molecule has 38 heavy (non-hydrogen) atoms. The minimum Gasteiger partial charge on any atom is -0.310 e. The fourth-order valence-electron chi connectivity index (χ4n) is 5.79. The van der Waals surface area contributed by atoms with Gasteiger partial charge in [0.2, 0.25) is 0 Å². The van der Waals surface area contributed by atoms with Gasteiger partial charge < -0.3 is 4.90 Å². The monoisotopic (exact) mass is 488 g/mol. The van der Waals surface area contributed by atoms with E-state index in [1.807, 2.05) is 12.4 Å². The maximum absolute atomic E-state index is 4.26. The second kappa shape index (κ2) is 8.71. The van der Waals surface area contributed by atoms with Gasteiger partial charge in [-0.1, -0.05) is 92.7 Å². The van der Waals surface area contributed by atoms with Gasteiger partial charge in [-0.2, -0.15) is 0 Å². The first kappa shape index (κ1) is 22.5. The van der Waals surface area contributed by atoms with Gasteiger partial charge in [0.05, 0.1) is 0 Å². The predicted molar refractivity (Wildman–Crippen MR) is 160 cm³/mol. The quantitative estimate of drug-likeness (QED) is 0.246. The summed E-state index contributed by atoms with van der Waals surface area (Å²) in [5.41, 5.74) is 11.0. The van der Waals surface area contributed by atoms with Crippen LogP contribution < -0.4 is 4.90 Å². The van der Waals surface area contributed by atoms with Crippen molar-refractivity contribution in [2.45, 2.75) is 13.8 Å². The normalized spacial score (nSPS) is 15.0. The van der Waals surface area contributed by atoms with Crippen molar-refractivity contribution >= 4 is 27.7 Å². The molecule has 0 aliphatic heterocycles. The topological polar surface area (TPSA) is 16.1 Å². The van der Waals surface area contributed by atoms with Gasteiger partial charge in [0.25, 0.3) is 0 Å². The van der Waals surface area contributed by atoms with E-state index in [0.29, 0.717) is 0 Å². The van der Waals surface area contributed by atoms with Crippen molar-refractivity contribution in [1.29, 1.82) is 0 Å². The second-order valence-electron chi connectivity index (χ2n) is 10.7. The molecule has 7 rings (SSSR count). The van der Waals surface area contributed by atoms with E-state index >= 15 is 0 Å². The van der Waals surface area contributed by atoms with Gasteiger partial charge in [0, 0.05) is 34.9 Å². The molecule has 2 aliphatic carbocycles. The average molecular weight is 489 g/mol. The van der Waals surface area contributed by atoms with E-state index in [0.717, 1.165) is 17.1 Å². The molecule has 0 bridgehead atoms. The zero-order valence-corrected chi connectivity index (χ0v) is 21.6. The lowest BCUT2D eigenvalue weighted by molar-refractivity contribution is 0.628. The van der Waals surface area contributed by atoms with Crippen LogP contribution >= 0.6 is 0 Å². The molecule has 0 unspecified atom stereocenters. The van der Waals surface area contributed by atoms with Gasteiger partial charge in [0.1, 0.15) is 0 Å². The molecule has 2 heteroatoms. The van der Waals surface area contributed by atoms with Crippen LogP contribution in [0.25, 0.3) is 38.6 Å². The van der Waals surface area contributed by atoms with Crippen LogP contribution in [0.5, 0.6) is 0 Å². The van der Waals surface area contributed by atoms with Crippen LogP contribution in [0.4, 0.5) is 11.4 Å². The zero-order chi connectivity index (χ0) is 25.7. The number of anilines is 2. The van der Waals surface area contributed by atoms with Gasteiger partial charge in [0.15, 0.2) is 0 Å². The van der Waals surface area contributed by atoms with Crippen LogP contribution in [-0.2, 0) is 0 Å². The van der Waals surface area contributed by atoms with Gasteiger partial charge in [-0.25, -0.2) is 0 Å². The molecule has 1 heterocycles. The third kappa shape index (κ3) is 3.77. The number of rotatable bonds is 4. The Bertz CT molecular complexity index is 1730. The number of hydrogen-bond donors (Lipinski definition) is 0. The maximum atomic E-state index is 4.26. The number of allylic oxidation sites excluding steroid dienone is 5. The third-order valence-electron chi connectivity index (χ3n) is 7.55. The summed E-state index contributed by atoms with van der Waals surface area (Å²) in [6.07, 6.45) is 13.0. The van der Waals surface area contributed by atoms with Crippen LogP contribution in [0.1, 0.15) is 19.4 Å². The molecule has 0 atom stereocenters. The molecule has 0 radical (unpaired) electrons. The number of fused-ring (bicyclic) bond motifs is 3. The molecule has 182 valence electrons. The Kier molecular flexibility index (Phi) is 5.16. The van der Waals surface area contributed by atoms with Gasteiger partial charge >= 0.3 is 0 Å². The molecule has 0 N–H and O–H groups in total. The molecule has 0 amide bonds. The Morgan fingerprint density at radius 1 is 0.658 bits per heavy atom. The lowest BCUT2D eigenvalue weighted by atomic mass is 9.88. The molecule has 5 aromatic rings. The maximum Gasteiger partial charge on any atom is 0.0492 e. The first-order valence-electron chi connectivity index (χ1n) is 13.1. The fraction of sp³-hybridized carbons (Fsp3) is 0.0833. The van der Waals surface area contributed by atoms with Crippen LogP contribution in [-0.4, -0.2) is 4.98 Å². The summed E-state index contributed by atoms with van der Waals surface area (Å²) in [6, 6.07) is 34.9. The summed E-state index contributed by atoms with van der Waals surface area (Å²) in [6.45, 7) is 4.53. The highest BCUT2D eigenvalue weighted by molar-refractivity contribution is 6.15. The van der Waals surface area contributed by atoms with Gasteiger partial charge in [-0.15, -0.1) is 0 Å². The summed E-state index contributed by atoms with van der Waals surface area (Å²) >= 11 is 0. The van der Waals surface area contributed by atoms with E-state index in [4.69, 9.17) is 0 Å². The molecule has 1 aromatic heterocycles. The Balaban J connectivity index is 1.39. The first-order chi connectivity index (χ1) is 18.6. The minimum absolute atomic E-state index is 0.101. The molecule has 0 saturated heterocycles. The lowest BCUT2D eigenvalue weighted by Gasteiger charge is -2.26. The number of aromatic nitrogens is 1. The van der Waals surface area contributed by atoms with Crippen LogP contribution in [0.3, 0.4) is 0 Å². The standard InChI is InChI=1S/C36H28N2/c1-36(2)19-16-30(38(28-10-4-3-5-11-28)29-17-20-37-21-18-29)22-27(24-36)26-14-15-31-32-12-6-8-25-9-7-13-33(35(25)32)34(31)23-26/h3-24H,1-2H3. The molecule has 4 aromatic carbocycles. The molecule has 0 fully saturated rings. The number of nitrogens with zero attached hydrogens (tertiary/aromatic N) is 2. The average Bonchev–Trinajstić information content (AvgIpc) is 3.17. The smallest absolute Gasteiger partial charge is 0.0492 e. The highest BCUT2D eigenvalue weighted by atomic mass is 15.1.